The van der Waals surface area contributed by atoms with Crippen molar-refractivity contribution in [3.05, 3.63) is 212 Å². The average molecular weight is 692 g/mol. The predicted octanol–water partition coefficient (Wildman–Crippen LogP) is 14.9. The van der Waals surface area contributed by atoms with Crippen molar-refractivity contribution in [2.24, 2.45) is 0 Å². The molecule has 1 nitrogen and oxygen atoms in total. The molecule has 0 spiro atoms. The van der Waals surface area contributed by atoms with Crippen molar-refractivity contribution < 1.29 is 4.39 Å². The van der Waals surface area contributed by atoms with Crippen molar-refractivity contribution in [2.75, 3.05) is 4.90 Å². The van der Waals surface area contributed by atoms with E-state index in [1.165, 1.54) is 60.3 Å². The molecule has 0 bridgehead atoms. The van der Waals surface area contributed by atoms with Gasteiger partial charge in [-0.15, -0.1) is 0 Å². The summed E-state index contributed by atoms with van der Waals surface area (Å²) < 4.78 is 14.4. The van der Waals surface area contributed by atoms with Gasteiger partial charge in [-0.2, -0.15) is 0 Å². The molecule has 0 aliphatic rings. The summed E-state index contributed by atoms with van der Waals surface area (Å²) >= 11 is 0. The van der Waals surface area contributed by atoms with Crippen LogP contribution >= 0.6 is 0 Å². The molecule has 0 saturated heterocycles. The molecule has 0 unspecified atom stereocenters. The summed E-state index contributed by atoms with van der Waals surface area (Å²) in [6.07, 6.45) is 0. The smallest absolute Gasteiger partial charge is 0.123 e. The summed E-state index contributed by atoms with van der Waals surface area (Å²) in [5, 5.41) is 9.45. The monoisotopic (exact) mass is 691 g/mol. The minimum Gasteiger partial charge on any atom is -0.310 e. The fourth-order valence-electron chi connectivity index (χ4n) is 8.30. The molecule has 0 atom stereocenters. The van der Waals surface area contributed by atoms with Crippen LogP contribution in [-0.4, -0.2) is 0 Å². The fourth-order valence-corrected chi connectivity index (χ4v) is 8.30. The summed E-state index contributed by atoms with van der Waals surface area (Å²) in [4.78, 5) is 2.26. The van der Waals surface area contributed by atoms with Crippen LogP contribution in [0.15, 0.2) is 206 Å². The van der Waals surface area contributed by atoms with E-state index in [-0.39, 0.29) is 5.82 Å². The van der Waals surface area contributed by atoms with Crippen LogP contribution in [0.25, 0.3) is 76.5 Å². The predicted molar refractivity (Wildman–Crippen MR) is 227 cm³/mol. The van der Waals surface area contributed by atoms with Gasteiger partial charge in [-0.3, -0.25) is 0 Å². The lowest BCUT2D eigenvalue weighted by Crippen LogP contribution is -2.10. The highest BCUT2D eigenvalue weighted by atomic mass is 19.1. The summed E-state index contributed by atoms with van der Waals surface area (Å²) in [7, 11) is 0. The van der Waals surface area contributed by atoms with E-state index in [2.05, 4.69) is 187 Å². The molecule has 0 fully saturated rings. The second kappa shape index (κ2) is 13.2. The number of rotatable bonds is 6. The Morgan fingerprint density at radius 2 is 0.870 bits per heavy atom. The zero-order valence-corrected chi connectivity index (χ0v) is 29.5. The van der Waals surface area contributed by atoms with Crippen molar-refractivity contribution in [3.63, 3.8) is 0 Å². The van der Waals surface area contributed by atoms with Crippen LogP contribution in [0.4, 0.5) is 21.5 Å². The number of halogens is 1. The zero-order valence-electron chi connectivity index (χ0n) is 29.5. The van der Waals surface area contributed by atoms with E-state index in [4.69, 9.17) is 0 Å². The molecule has 254 valence electrons. The molecular formula is C52H34FN. The van der Waals surface area contributed by atoms with Gasteiger partial charge >= 0.3 is 0 Å². The van der Waals surface area contributed by atoms with Crippen LogP contribution < -0.4 is 4.90 Å². The summed E-state index contributed by atoms with van der Waals surface area (Å²) in [6.45, 7) is 0. The maximum absolute atomic E-state index is 14.4. The quantitative estimate of drug-likeness (QED) is 0.157. The van der Waals surface area contributed by atoms with E-state index in [1.807, 2.05) is 12.1 Å². The number of anilines is 3. The number of nitrogens with zero attached hydrogens (tertiary/aromatic N) is 1. The third-order valence-electron chi connectivity index (χ3n) is 10.7. The molecule has 0 N–H and O–H groups in total. The Hall–Kier alpha value is -7.03. The molecule has 2 heteroatoms. The largest absolute Gasteiger partial charge is 0.310 e. The second-order valence-corrected chi connectivity index (χ2v) is 13.8. The molecule has 0 aliphatic carbocycles. The van der Waals surface area contributed by atoms with Gasteiger partial charge in [0.15, 0.2) is 0 Å². The van der Waals surface area contributed by atoms with Gasteiger partial charge < -0.3 is 4.90 Å². The average Bonchev–Trinajstić information content (AvgIpc) is 3.25. The number of fused-ring (bicyclic) bond motifs is 7. The van der Waals surface area contributed by atoms with E-state index < -0.39 is 0 Å². The van der Waals surface area contributed by atoms with Gasteiger partial charge in [-0.05, 0) is 120 Å². The highest BCUT2D eigenvalue weighted by molar-refractivity contribution is 6.33. The Morgan fingerprint density at radius 1 is 0.333 bits per heavy atom. The van der Waals surface area contributed by atoms with Crippen LogP contribution in [0.5, 0.6) is 0 Å². The Labute approximate surface area is 313 Å². The van der Waals surface area contributed by atoms with Crippen LogP contribution in [0.1, 0.15) is 0 Å². The topological polar surface area (TPSA) is 3.24 Å². The number of hydrogen-bond donors (Lipinski definition) is 0. The fraction of sp³-hybridized carbons (Fsp3) is 0. The first-order valence-corrected chi connectivity index (χ1v) is 18.4. The maximum Gasteiger partial charge on any atom is 0.123 e. The number of hydrogen-bond acceptors (Lipinski definition) is 1. The summed E-state index contributed by atoms with van der Waals surface area (Å²) in [6, 6.07) is 72.1. The van der Waals surface area contributed by atoms with Gasteiger partial charge in [0.25, 0.3) is 0 Å². The molecule has 0 aliphatic heterocycles. The second-order valence-electron chi connectivity index (χ2n) is 13.8. The molecule has 0 radical (unpaired) electrons. The Kier molecular flexibility index (Phi) is 7.74. The van der Waals surface area contributed by atoms with E-state index in [1.54, 1.807) is 12.1 Å². The zero-order chi connectivity index (χ0) is 36.0. The van der Waals surface area contributed by atoms with Crippen LogP contribution in [0, 0.1) is 5.82 Å². The lowest BCUT2D eigenvalue weighted by Gasteiger charge is -2.28. The van der Waals surface area contributed by atoms with Crippen LogP contribution in [-0.2, 0) is 0 Å². The third-order valence-corrected chi connectivity index (χ3v) is 10.7. The van der Waals surface area contributed by atoms with Gasteiger partial charge in [0.1, 0.15) is 5.82 Å². The Morgan fingerprint density at radius 3 is 1.57 bits per heavy atom. The molecule has 0 amide bonds. The van der Waals surface area contributed by atoms with Crippen LogP contribution in [0.2, 0.25) is 0 Å². The molecule has 54 heavy (non-hydrogen) atoms. The van der Waals surface area contributed by atoms with Crippen LogP contribution in [0.3, 0.4) is 0 Å². The van der Waals surface area contributed by atoms with Crippen molar-refractivity contribution >= 4 is 60.2 Å². The summed E-state index contributed by atoms with van der Waals surface area (Å²) in [5.41, 5.74) is 10.1. The van der Waals surface area contributed by atoms with E-state index in [0.29, 0.717) is 0 Å². The minimum atomic E-state index is -0.260. The summed E-state index contributed by atoms with van der Waals surface area (Å²) in [5.74, 6) is -0.260. The maximum atomic E-state index is 14.4. The van der Waals surface area contributed by atoms with Crippen molar-refractivity contribution in [2.45, 2.75) is 0 Å². The Balaban J connectivity index is 1.37. The minimum absolute atomic E-state index is 0.260. The van der Waals surface area contributed by atoms with Gasteiger partial charge in [0, 0.05) is 16.8 Å². The molecule has 10 rings (SSSR count). The molecular weight excluding hydrogens is 658 g/mol. The normalized spacial score (nSPS) is 11.4. The van der Waals surface area contributed by atoms with Gasteiger partial charge in [0.2, 0.25) is 0 Å². The van der Waals surface area contributed by atoms with Gasteiger partial charge in [-0.1, -0.05) is 158 Å². The molecule has 0 heterocycles. The first-order valence-electron chi connectivity index (χ1n) is 18.4. The number of benzene rings is 10. The molecule has 10 aromatic rings. The van der Waals surface area contributed by atoms with E-state index >= 15 is 0 Å². The van der Waals surface area contributed by atoms with Crippen molar-refractivity contribution in [1.29, 1.82) is 0 Å². The lowest BCUT2D eigenvalue weighted by atomic mass is 9.81. The molecule has 0 aromatic heterocycles. The van der Waals surface area contributed by atoms with Crippen molar-refractivity contribution in [3.8, 4) is 33.4 Å². The first-order chi connectivity index (χ1) is 26.7. The van der Waals surface area contributed by atoms with E-state index in [9.17, 15) is 4.39 Å². The van der Waals surface area contributed by atoms with Crippen molar-refractivity contribution in [1.82, 2.24) is 0 Å². The lowest BCUT2D eigenvalue weighted by molar-refractivity contribution is 0.628. The van der Waals surface area contributed by atoms with Gasteiger partial charge in [0.05, 0.1) is 5.69 Å². The SMILES string of the molecule is Fc1ccc(N(c2ccc3c(c2)c2ccccc2c2c(-c4ccccc4)cc(-c4ccccc4)c(-c4ccccc4)c32)c2cccc3ccccc23)cc1. The highest BCUT2D eigenvalue weighted by Gasteiger charge is 2.23. The molecule has 0 saturated carbocycles. The Bertz CT molecular complexity index is 2970. The van der Waals surface area contributed by atoms with E-state index in [0.717, 1.165) is 33.2 Å². The standard InChI is InChI=1S/C52H34FN/c53-39-27-29-40(30-28-39)54(49-26-14-22-35-19-10-11-23-42(35)49)41-31-32-45-48(33-41)43-24-12-13-25-44(43)51-47(37-17-6-2-7-18-37)34-46(36-15-4-1-5-16-36)50(52(45)51)38-20-8-3-9-21-38/h1-34H. The first kappa shape index (κ1) is 31.7. The third kappa shape index (κ3) is 5.31. The highest BCUT2D eigenvalue weighted by Crippen LogP contribution is 2.50. The van der Waals surface area contributed by atoms with Gasteiger partial charge in [-0.25, -0.2) is 4.39 Å². The molecule has 10 aromatic carbocycles.